The van der Waals surface area contributed by atoms with E-state index in [9.17, 15) is 0 Å². The van der Waals surface area contributed by atoms with Gasteiger partial charge in [-0.25, -0.2) is 0 Å². The number of nitrogens with zero attached hydrogens (tertiary/aromatic N) is 1. The summed E-state index contributed by atoms with van der Waals surface area (Å²) in [5.74, 6) is 0. The second-order valence-corrected chi connectivity index (χ2v) is 5.51. The summed E-state index contributed by atoms with van der Waals surface area (Å²) < 4.78 is 7.91. The molecule has 1 N–H and O–H groups in total. The molecule has 3 heteroatoms. The van der Waals surface area contributed by atoms with Gasteiger partial charge in [0.05, 0.1) is 12.1 Å². The molecule has 1 aromatic carbocycles. The second-order valence-electron chi connectivity index (χ2n) is 5.51. The fourth-order valence-corrected chi connectivity index (χ4v) is 2.39. The summed E-state index contributed by atoms with van der Waals surface area (Å²) in [6, 6.07) is 9.21. The van der Waals surface area contributed by atoms with Crippen molar-refractivity contribution in [2.24, 2.45) is 0 Å². The van der Waals surface area contributed by atoms with Crippen LogP contribution < -0.4 is 5.32 Å². The van der Waals surface area contributed by atoms with Crippen LogP contribution in [0.25, 0.3) is 10.9 Å². The molecule has 0 aliphatic rings. The molecule has 0 radical (unpaired) electrons. The van der Waals surface area contributed by atoms with E-state index in [1.54, 1.807) is 0 Å². The highest BCUT2D eigenvalue weighted by molar-refractivity contribution is 5.83. The predicted octanol–water partition coefficient (Wildman–Crippen LogP) is 3.57. The molecule has 0 amide bonds. The van der Waals surface area contributed by atoms with Crippen molar-refractivity contribution in [1.29, 1.82) is 0 Å². The summed E-state index contributed by atoms with van der Waals surface area (Å²) in [6.45, 7) is 9.96. The van der Waals surface area contributed by atoms with Gasteiger partial charge >= 0.3 is 0 Å². The number of ether oxygens (including phenoxy) is 1. The third-order valence-electron chi connectivity index (χ3n) is 3.40. The minimum Gasteiger partial charge on any atom is -0.380 e. The zero-order valence-corrected chi connectivity index (χ0v) is 12.9. The SMILES string of the molecule is CCCOCCn1ccc2cccc(CNC(C)C)c21. The first-order valence-electron chi connectivity index (χ1n) is 7.60. The molecule has 0 spiro atoms. The van der Waals surface area contributed by atoms with Gasteiger partial charge in [0, 0.05) is 31.9 Å². The first kappa shape index (κ1) is 15.1. The van der Waals surface area contributed by atoms with E-state index < -0.39 is 0 Å². The summed E-state index contributed by atoms with van der Waals surface area (Å²) in [6.07, 6.45) is 3.24. The first-order chi connectivity index (χ1) is 9.72. The van der Waals surface area contributed by atoms with Gasteiger partial charge in [-0.15, -0.1) is 0 Å². The van der Waals surface area contributed by atoms with E-state index in [4.69, 9.17) is 4.74 Å². The van der Waals surface area contributed by atoms with Crippen molar-refractivity contribution >= 4 is 10.9 Å². The van der Waals surface area contributed by atoms with Crippen molar-refractivity contribution < 1.29 is 4.74 Å². The Labute approximate surface area is 121 Å². The Kier molecular flexibility index (Phi) is 5.62. The molecule has 0 fully saturated rings. The van der Waals surface area contributed by atoms with Crippen molar-refractivity contribution in [3.05, 3.63) is 36.0 Å². The molecular formula is C17H26N2O. The van der Waals surface area contributed by atoms with Crippen molar-refractivity contribution in [3.63, 3.8) is 0 Å². The maximum absolute atomic E-state index is 5.61. The van der Waals surface area contributed by atoms with Crippen LogP contribution in [-0.4, -0.2) is 23.8 Å². The van der Waals surface area contributed by atoms with Gasteiger partial charge in [-0.05, 0) is 23.4 Å². The zero-order chi connectivity index (χ0) is 14.4. The quantitative estimate of drug-likeness (QED) is 0.745. The molecule has 3 nitrogen and oxygen atoms in total. The Bertz CT molecular complexity index is 531. The van der Waals surface area contributed by atoms with Crippen LogP contribution in [0.4, 0.5) is 0 Å². The van der Waals surface area contributed by atoms with Crippen LogP contribution in [0.5, 0.6) is 0 Å². The van der Waals surface area contributed by atoms with E-state index in [0.29, 0.717) is 6.04 Å². The Balaban J connectivity index is 2.13. The first-order valence-corrected chi connectivity index (χ1v) is 7.60. The highest BCUT2D eigenvalue weighted by atomic mass is 16.5. The minimum absolute atomic E-state index is 0.501. The molecule has 1 aromatic heterocycles. The number of para-hydroxylation sites is 1. The molecule has 1 heterocycles. The highest BCUT2D eigenvalue weighted by Crippen LogP contribution is 2.20. The lowest BCUT2D eigenvalue weighted by Gasteiger charge is -2.12. The molecule has 0 atom stereocenters. The molecule has 2 aromatic rings. The van der Waals surface area contributed by atoms with Gasteiger partial charge in [0.1, 0.15) is 0 Å². The van der Waals surface area contributed by atoms with Gasteiger partial charge in [-0.1, -0.05) is 39.0 Å². The topological polar surface area (TPSA) is 26.2 Å². The van der Waals surface area contributed by atoms with Gasteiger partial charge in [0.15, 0.2) is 0 Å². The van der Waals surface area contributed by atoms with Gasteiger partial charge in [0.25, 0.3) is 0 Å². The highest BCUT2D eigenvalue weighted by Gasteiger charge is 2.07. The van der Waals surface area contributed by atoms with E-state index in [1.165, 1.54) is 16.5 Å². The van der Waals surface area contributed by atoms with E-state index in [1.807, 2.05) is 0 Å². The lowest BCUT2D eigenvalue weighted by Crippen LogP contribution is -2.22. The molecule has 0 aliphatic carbocycles. The molecule has 0 aliphatic heterocycles. The Hall–Kier alpha value is -1.32. The third-order valence-corrected chi connectivity index (χ3v) is 3.40. The fraction of sp³-hybridized carbons (Fsp3) is 0.529. The van der Waals surface area contributed by atoms with Crippen LogP contribution in [0.3, 0.4) is 0 Å². The monoisotopic (exact) mass is 274 g/mol. The number of rotatable bonds is 8. The van der Waals surface area contributed by atoms with Gasteiger partial charge in [-0.2, -0.15) is 0 Å². The standard InChI is InChI=1S/C17H26N2O/c1-4-11-20-12-10-19-9-8-15-6-5-7-16(17(15)19)13-18-14(2)3/h5-9,14,18H,4,10-13H2,1-3H3. The number of aromatic nitrogens is 1. The molecule has 0 bridgehead atoms. The largest absolute Gasteiger partial charge is 0.380 e. The van der Waals surface area contributed by atoms with Crippen molar-refractivity contribution in [2.45, 2.75) is 46.3 Å². The van der Waals surface area contributed by atoms with Crippen LogP contribution in [0, 0.1) is 0 Å². The zero-order valence-electron chi connectivity index (χ0n) is 12.9. The molecule has 0 saturated carbocycles. The van der Waals surface area contributed by atoms with Crippen molar-refractivity contribution in [3.8, 4) is 0 Å². The number of hydrogen-bond acceptors (Lipinski definition) is 2. The van der Waals surface area contributed by atoms with Crippen LogP contribution >= 0.6 is 0 Å². The number of nitrogens with one attached hydrogen (secondary N) is 1. The van der Waals surface area contributed by atoms with E-state index >= 15 is 0 Å². The van der Waals surface area contributed by atoms with Gasteiger partial charge in [-0.3, -0.25) is 0 Å². The van der Waals surface area contributed by atoms with Crippen LogP contribution in [0.1, 0.15) is 32.8 Å². The molecule has 0 unspecified atom stereocenters. The molecular weight excluding hydrogens is 248 g/mol. The van der Waals surface area contributed by atoms with E-state index in [2.05, 4.69) is 61.1 Å². The van der Waals surface area contributed by atoms with Gasteiger partial charge < -0.3 is 14.6 Å². The Morgan fingerprint density at radius 1 is 1.20 bits per heavy atom. The lowest BCUT2D eigenvalue weighted by molar-refractivity contribution is 0.127. The summed E-state index contributed by atoms with van der Waals surface area (Å²) >= 11 is 0. The Morgan fingerprint density at radius 2 is 2.05 bits per heavy atom. The summed E-state index contributed by atoms with van der Waals surface area (Å²) in [7, 11) is 0. The molecule has 110 valence electrons. The van der Waals surface area contributed by atoms with Crippen molar-refractivity contribution in [2.75, 3.05) is 13.2 Å². The molecule has 2 rings (SSSR count). The Morgan fingerprint density at radius 3 is 2.80 bits per heavy atom. The van der Waals surface area contributed by atoms with Crippen molar-refractivity contribution in [1.82, 2.24) is 9.88 Å². The van der Waals surface area contributed by atoms with E-state index in [0.717, 1.165) is 32.7 Å². The summed E-state index contributed by atoms with van der Waals surface area (Å²) in [5.41, 5.74) is 2.69. The third kappa shape index (κ3) is 3.84. The predicted molar refractivity (Wildman–Crippen MR) is 85.0 cm³/mol. The molecule has 0 saturated heterocycles. The maximum Gasteiger partial charge on any atom is 0.0645 e. The summed E-state index contributed by atoms with van der Waals surface area (Å²) in [5, 5.41) is 4.81. The fourth-order valence-electron chi connectivity index (χ4n) is 2.39. The smallest absolute Gasteiger partial charge is 0.0645 e. The van der Waals surface area contributed by atoms with E-state index in [-0.39, 0.29) is 0 Å². The average Bonchev–Trinajstić information content (AvgIpc) is 2.85. The summed E-state index contributed by atoms with van der Waals surface area (Å²) in [4.78, 5) is 0. The molecule has 20 heavy (non-hydrogen) atoms. The second kappa shape index (κ2) is 7.46. The van der Waals surface area contributed by atoms with Crippen LogP contribution in [0.2, 0.25) is 0 Å². The van der Waals surface area contributed by atoms with Gasteiger partial charge in [0.2, 0.25) is 0 Å². The minimum atomic E-state index is 0.501. The number of fused-ring (bicyclic) bond motifs is 1. The number of hydrogen-bond donors (Lipinski definition) is 1. The maximum atomic E-state index is 5.61. The van der Waals surface area contributed by atoms with Crippen LogP contribution in [0.15, 0.2) is 30.5 Å². The lowest BCUT2D eigenvalue weighted by atomic mass is 10.1. The average molecular weight is 274 g/mol. The number of benzene rings is 1. The van der Waals surface area contributed by atoms with Crippen LogP contribution in [-0.2, 0) is 17.8 Å². The normalized spacial score (nSPS) is 11.6.